The first-order chi connectivity index (χ1) is 10.7. The van der Waals surface area contributed by atoms with Crippen LogP contribution in [0.1, 0.15) is 18.9 Å². The van der Waals surface area contributed by atoms with E-state index in [0.717, 1.165) is 30.0 Å². The average Bonchev–Trinajstić information content (AvgIpc) is 2.56. The van der Waals surface area contributed by atoms with Crippen LogP contribution in [0.5, 0.6) is 5.75 Å². The molecule has 2 N–H and O–H groups in total. The number of nitrogens with one attached hydrogen (secondary N) is 2. The SMILES string of the molecule is CCC(=O)Nc1ccc(NCCc2ccccc2OC)cn1. The molecule has 0 spiro atoms. The van der Waals surface area contributed by atoms with Crippen molar-refractivity contribution in [1.29, 1.82) is 0 Å². The van der Waals surface area contributed by atoms with Gasteiger partial charge in [0.05, 0.1) is 19.0 Å². The molecule has 1 aromatic heterocycles. The molecule has 1 heterocycles. The summed E-state index contributed by atoms with van der Waals surface area (Å²) in [6, 6.07) is 11.7. The topological polar surface area (TPSA) is 63.2 Å². The second-order valence-electron chi connectivity index (χ2n) is 4.82. The minimum Gasteiger partial charge on any atom is -0.496 e. The second-order valence-corrected chi connectivity index (χ2v) is 4.82. The molecule has 0 saturated carbocycles. The van der Waals surface area contributed by atoms with E-state index >= 15 is 0 Å². The normalized spacial score (nSPS) is 10.1. The zero-order valence-electron chi connectivity index (χ0n) is 12.9. The number of methoxy groups -OCH3 is 1. The first kappa shape index (κ1) is 15.8. The fourth-order valence-electron chi connectivity index (χ4n) is 2.05. The number of ether oxygens (including phenoxy) is 1. The van der Waals surface area contributed by atoms with Gasteiger partial charge in [0.25, 0.3) is 0 Å². The number of carbonyl (C=O) groups is 1. The standard InChI is InChI=1S/C17H21N3O2/c1-3-17(21)20-16-9-8-14(12-19-16)18-11-10-13-6-4-5-7-15(13)22-2/h4-9,12,18H,3,10-11H2,1-2H3,(H,19,20,21). The minimum absolute atomic E-state index is 0.0376. The largest absolute Gasteiger partial charge is 0.496 e. The zero-order chi connectivity index (χ0) is 15.8. The van der Waals surface area contributed by atoms with E-state index in [1.807, 2.05) is 31.2 Å². The Morgan fingerprint density at radius 2 is 2.05 bits per heavy atom. The summed E-state index contributed by atoms with van der Waals surface area (Å²) >= 11 is 0. The molecule has 1 aromatic carbocycles. The number of anilines is 2. The maximum Gasteiger partial charge on any atom is 0.225 e. The lowest BCUT2D eigenvalue weighted by Crippen LogP contribution is -2.11. The molecule has 22 heavy (non-hydrogen) atoms. The quantitative estimate of drug-likeness (QED) is 0.824. The second kappa shape index (κ2) is 8.02. The predicted molar refractivity (Wildman–Crippen MR) is 88.3 cm³/mol. The number of pyridine rings is 1. The number of para-hydroxylation sites is 1. The smallest absolute Gasteiger partial charge is 0.225 e. The van der Waals surface area contributed by atoms with E-state index in [2.05, 4.69) is 21.7 Å². The van der Waals surface area contributed by atoms with Crippen LogP contribution in [0.2, 0.25) is 0 Å². The summed E-state index contributed by atoms with van der Waals surface area (Å²) in [7, 11) is 1.68. The van der Waals surface area contributed by atoms with Gasteiger partial charge in [-0.3, -0.25) is 4.79 Å². The number of rotatable bonds is 7. The molecule has 5 nitrogen and oxygen atoms in total. The summed E-state index contributed by atoms with van der Waals surface area (Å²) in [4.78, 5) is 15.5. The molecule has 2 rings (SSSR count). The van der Waals surface area contributed by atoms with Gasteiger partial charge in [-0.2, -0.15) is 0 Å². The Labute approximate surface area is 130 Å². The highest BCUT2D eigenvalue weighted by atomic mass is 16.5. The highest BCUT2D eigenvalue weighted by molar-refractivity contribution is 5.89. The van der Waals surface area contributed by atoms with Crippen LogP contribution in [0, 0.1) is 0 Å². The lowest BCUT2D eigenvalue weighted by Gasteiger charge is -2.10. The van der Waals surface area contributed by atoms with Crippen molar-refractivity contribution in [3.05, 3.63) is 48.2 Å². The van der Waals surface area contributed by atoms with E-state index in [-0.39, 0.29) is 5.91 Å². The number of aromatic nitrogens is 1. The van der Waals surface area contributed by atoms with E-state index < -0.39 is 0 Å². The van der Waals surface area contributed by atoms with Gasteiger partial charge in [-0.1, -0.05) is 25.1 Å². The average molecular weight is 299 g/mol. The third-order valence-electron chi connectivity index (χ3n) is 3.27. The molecule has 0 aliphatic heterocycles. The van der Waals surface area contributed by atoms with Crippen LogP contribution < -0.4 is 15.4 Å². The molecule has 0 aliphatic carbocycles. The molecule has 0 bridgehead atoms. The lowest BCUT2D eigenvalue weighted by molar-refractivity contribution is -0.115. The number of amides is 1. The molecular formula is C17H21N3O2. The Kier molecular flexibility index (Phi) is 5.77. The Balaban J connectivity index is 1.85. The monoisotopic (exact) mass is 299 g/mol. The summed E-state index contributed by atoms with van der Waals surface area (Å²) in [6.07, 6.45) is 3.02. The van der Waals surface area contributed by atoms with Gasteiger partial charge < -0.3 is 15.4 Å². The maximum atomic E-state index is 11.3. The fourth-order valence-corrected chi connectivity index (χ4v) is 2.05. The summed E-state index contributed by atoms with van der Waals surface area (Å²) < 4.78 is 5.33. The van der Waals surface area contributed by atoms with E-state index in [4.69, 9.17) is 4.74 Å². The number of hydrogen-bond acceptors (Lipinski definition) is 4. The minimum atomic E-state index is -0.0376. The molecule has 0 fully saturated rings. The fraction of sp³-hybridized carbons (Fsp3) is 0.294. The first-order valence-corrected chi connectivity index (χ1v) is 7.34. The molecule has 1 amide bonds. The number of hydrogen-bond donors (Lipinski definition) is 2. The third kappa shape index (κ3) is 4.48. The van der Waals surface area contributed by atoms with Gasteiger partial charge in [-0.05, 0) is 30.2 Å². The lowest BCUT2D eigenvalue weighted by atomic mass is 10.1. The predicted octanol–water partition coefficient (Wildman–Crippen LogP) is 3.09. The van der Waals surface area contributed by atoms with E-state index in [1.54, 1.807) is 19.4 Å². The van der Waals surface area contributed by atoms with E-state index in [0.29, 0.717) is 12.2 Å². The van der Waals surface area contributed by atoms with Crippen LogP contribution in [-0.4, -0.2) is 24.5 Å². The molecule has 0 aliphatic rings. The van der Waals surface area contributed by atoms with Crippen LogP contribution in [-0.2, 0) is 11.2 Å². The molecule has 0 atom stereocenters. The third-order valence-corrected chi connectivity index (χ3v) is 3.27. The summed E-state index contributed by atoms with van der Waals surface area (Å²) in [5.41, 5.74) is 2.08. The Bertz CT molecular complexity index is 612. The van der Waals surface area contributed by atoms with Crippen molar-refractivity contribution in [1.82, 2.24) is 4.98 Å². The van der Waals surface area contributed by atoms with E-state index in [9.17, 15) is 4.79 Å². The van der Waals surface area contributed by atoms with Crippen LogP contribution in [0.3, 0.4) is 0 Å². The van der Waals surface area contributed by atoms with Gasteiger partial charge in [0.2, 0.25) is 5.91 Å². The molecule has 5 heteroatoms. The van der Waals surface area contributed by atoms with Crippen LogP contribution >= 0.6 is 0 Å². The van der Waals surface area contributed by atoms with E-state index in [1.165, 1.54) is 0 Å². The number of carbonyl (C=O) groups excluding carboxylic acids is 1. The van der Waals surface area contributed by atoms with Crippen LogP contribution in [0.25, 0.3) is 0 Å². The molecule has 116 valence electrons. The summed E-state index contributed by atoms with van der Waals surface area (Å²) in [5.74, 6) is 1.44. The van der Waals surface area contributed by atoms with Crippen LogP contribution in [0.15, 0.2) is 42.6 Å². The Hall–Kier alpha value is -2.56. The zero-order valence-corrected chi connectivity index (χ0v) is 12.9. The number of benzene rings is 1. The van der Waals surface area contributed by atoms with Crippen molar-refractivity contribution in [2.45, 2.75) is 19.8 Å². The van der Waals surface area contributed by atoms with Gasteiger partial charge >= 0.3 is 0 Å². The molecular weight excluding hydrogens is 278 g/mol. The highest BCUT2D eigenvalue weighted by Crippen LogP contribution is 2.18. The first-order valence-electron chi connectivity index (χ1n) is 7.34. The molecule has 0 unspecified atom stereocenters. The van der Waals surface area contributed by atoms with Crippen molar-refractivity contribution in [2.24, 2.45) is 0 Å². The highest BCUT2D eigenvalue weighted by Gasteiger charge is 2.02. The Morgan fingerprint density at radius 3 is 2.73 bits per heavy atom. The number of nitrogens with zero attached hydrogens (tertiary/aromatic N) is 1. The van der Waals surface area contributed by atoms with Gasteiger partial charge in [-0.25, -0.2) is 4.98 Å². The summed E-state index contributed by atoms with van der Waals surface area (Å²) in [6.45, 7) is 2.59. The van der Waals surface area contributed by atoms with Crippen molar-refractivity contribution < 1.29 is 9.53 Å². The van der Waals surface area contributed by atoms with Crippen molar-refractivity contribution in [2.75, 3.05) is 24.3 Å². The van der Waals surface area contributed by atoms with Gasteiger partial charge in [0, 0.05) is 13.0 Å². The maximum absolute atomic E-state index is 11.3. The molecule has 0 saturated heterocycles. The molecule has 0 radical (unpaired) electrons. The van der Waals surface area contributed by atoms with Crippen molar-refractivity contribution >= 4 is 17.4 Å². The van der Waals surface area contributed by atoms with Gasteiger partial charge in [0.1, 0.15) is 11.6 Å². The van der Waals surface area contributed by atoms with Gasteiger partial charge in [-0.15, -0.1) is 0 Å². The molecule has 2 aromatic rings. The Morgan fingerprint density at radius 1 is 1.23 bits per heavy atom. The van der Waals surface area contributed by atoms with Crippen LogP contribution in [0.4, 0.5) is 11.5 Å². The van der Waals surface area contributed by atoms with Crippen molar-refractivity contribution in [3.8, 4) is 5.75 Å². The van der Waals surface area contributed by atoms with Gasteiger partial charge in [0.15, 0.2) is 0 Å². The summed E-state index contributed by atoms with van der Waals surface area (Å²) in [5, 5.41) is 6.03. The van der Waals surface area contributed by atoms with Crippen molar-refractivity contribution in [3.63, 3.8) is 0 Å².